The van der Waals surface area contributed by atoms with Crippen LogP contribution in [0.15, 0.2) is 30.6 Å². The van der Waals surface area contributed by atoms with Crippen LogP contribution in [0.5, 0.6) is 5.75 Å². The second-order valence-corrected chi connectivity index (χ2v) is 11.0. The monoisotopic (exact) mass is 606 g/mol. The summed E-state index contributed by atoms with van der Waals surface area (Å²) >= 11 is 0. The third-order valence-corrected chi connectivity index (χ3v) is 7.84. The predicted molar refractivity (Wildman–Crippen MR) is 152 cm³/mol. The second-order valence-electron chi connectivity index (χ2n) is 11.0. The highest BCUT2D eigenvalue weighted by atomic mass is 16.6. The molecule has 1 saturated carbocycles. The number of carbonyl (C=O) groups excluding carboxylic acids is 2. The molecule has 2 aromatic heterocycles. The Balaban J connectivity index is 1.07. The van der Waals surface area contributed by atoms with E-state index in [1.165, 1.54) is 35.2 Å². The molecule has 0 radical (unpaired) electrons. The Kier molecular flexibility index (Phi) is 7.99. The number of nitro benzene ring substituents is 1. The van der Waals surface area contributed by atoms with E-state index >= 15 is 0 Å². The first-order valence-electron chi connectivity index (χ1n) is 14.2. The Morgan fingerprint density at radius 1 is 1.18 bits per heavy atom. The van der Waals surface area contributed by atoms with E-state index in [4.69, 9.17) is 15.2 Å². The van der Waals surface area contributed by atoms with Gasteiger partial charge in [0, 0.05) is 31.6 Å². The number of rotatable bonds is 6. The number of carbonyl (C=O) groups is 2. The molecule has 4 heterocycles. The number of anilines is 1. The van der Waals surface area contributed by atoms with Crippen molar-refractivity contribution in [3.8, 4) is 17.6 Å². The zero-order valence-corrected chi connectivity index (χ0v) is 23.4. The summed E-state index contributed by atoms with van der Waals surface area (Å²) in [5.74, 6) is 6.03. The van der Waals surface area contributed by atoms with Gasteiger partial charge in [0.05, 0.1) is 17.3 Å². The standard InChI is InChI=1S/C28H30N8O8/c29-24-20-25(35(14-30-20)27-22(38)21(37)23(44-27)26(39)31-16-7-8-16)33-19(32-24)6-1-3-15-9-11-34(12-10-15)28(40)43-18-5-2-4-17(13-18)36(41)42/h2,4-5,13-16,21-23,27,37-38H,3,7-12H2,(H,31,39)(H2,29,32,33)/t21-,22?,23+,27-/m1/s1. The van der Waals surface area contributed by atoms with Crippen molar-refractivity contribution in [3.63, 3.8) is 0 Å². The number of hydrogen-bond acceptors (Lipinski definition) is 12. The lowest BCUT2D eigenvalue weighted by molar-refractivity contribution is -0.384. The molecule has 2 saturated heterocycles. The number of nitrogens with one attached hydrogen (secondary N) is 1. The zero-order valence-electron chi connectivity index (χ0n) is 23.4. The van der Waals surface area contributed by atoms with E-state index in [9.17, 15) is 29.9 Å². The van der Waals surface area contributed by atoms with Crippen molar-refractivity contribution in [1.82, 2.24) is 29.7 Å². The summed E-state index contributed by atoms with van der Waals surface area (Å²) in [7, 11) is 0. The number of aliphatic hydroxyl groups excluding tert-OH is 2. The lowest BCUT2D eigenvalue weighted by Gasteiger charge is -2.30. The third kappa shape index (κ3) is 6.11. The molecular formula is C28H30N8O8. The fraction of sp³-hybridized carbons (Fsp3) is 0.464. The van der Waals surface area contributed by atoms with Crippen LogP contribution in [0.4, 0.5) is 16.3 Å². The minimum atomic E-state index is -1.44. The number of aromatic nitrogens is 4. The lowest BCUT2D eigenvalue weighted by Crippen LogP contribution is -2.43. The minimum Gasteiger partial charge on any atom is -0.410 e. The molecule has 6 rings (SSSR count). The van der Waals surface area contributed by atoms with Crippen molar-refractivity contribution in [2.75, 3.05) is 18.8 Å². The highest BCUT2D eigenvalue weighted by Gasteiger charge is 2.48. The maximum atomic E-state index is 12.5. The molecule has 5 N–H and O–H groups in total. The van der Waals surface area contributed by atoms with Gasteiger partial charge in [-0.1, -0.05) is 12.0 Å². The van der Waals surface area contributed by atoms with Crippen LogP contribution < -0.4 is 15.8 Å². The first-order valence-corrected chi connectivity index (χ1v) is 14.2. The number of aliphatic hydroxyl groups is 2. The number of piperidine rings is 1. The van der Waals surface area contributed by atoms with Crippen LogP contribution in [0.2, 0.25) is 0 Å². The molecule has 44 heavy (non-hydrogen) atoms. The Hall–Kier alpha value is -4.85. The van der Waals surface area contributed by atoms with Crippen LogP contribution in [0.25, 0.3) is 11.2 Å². The van der Waals surface area contributed by atoms with Gasteiger partial charge in [0.1, 0.15) is 23.5 Å². The number of nitrogens with two attached hydrogens (primary N) is 1. The summed E-state index contributed by atoms with van der Waals surface area (Å²) < 4.78 is 12.5. The number of hydrogen-bond donors (Lipinski definition) is 4. The minimum absolute atomic E-state index is 0.0640. The van der Waals surface area contributed by atoms with Crippen molar-refractivity contribution < 1.29 is 34.2 Å². The quantitative estimate of drug-likeness (QED) is 0.174. The molecule has 1 unspecified atom stereocenters. The van der Waals surface area contributed by atoms with Gasteiger partial charge in [-0.05, 0) is 43.6 Å². The van der Waals surface area contributed by atoms with E-state index in [1.54, 1.807) is 4.90 Å². The predicted octanol–water partition coefficient (Wildman–Crippen LogP) is 0.867. The van der Waals surface area contributed by atoms with E-state index in [-0.39, 0.29) is 46.2 Å². The van der Waals surface area contributed by atoms with E-state index in [1.807, 2.05) is 0 Å². The van der Waals surface area contributed by atoms with Crippen LogP contribution in [0, 0.1) is 27.9 Å². The molecule has 0 spiro atoms. The van der Waals surface area contributed by atoms with Gasteiger partial charge in [-0.3, -0.25) is 19.5 Å². The number of ether oxygens (including phenoxy) is 2. The van der Waals surface area contributed by atoms with E-state index in [2.05, 4.69) is 32.1 Å². The Labute approximate surface area is 250 Å². The Morgan fingerprint density at radius 2 is 1.95 bits per heavy atom. The van der Waals surface area contributed by atoms with Gasteiger partial charge < -0.3 is 35.6 Å². The van der Waals surface area contributed by atoms with Gasteiger partial charge in [0.15, 0.2) is 23.8 Å². The van der Waals surface area contributed by atoms with Gasteiger partial charge in [0.2, 0.25) is 5.82 Å². The third-order valence-electron chi connectivity index (χ3n) is 7.84. The first-order chi connectivity index (χ1) is 21.2. The molecule has 3 fully saturated rings. The average Bonchev–Trinajstić information content (AvgIpc) is 3.64. The zero-order chi connectivity index (χ0) is 31.0. The van der Waals surface area contributed by atoms with Gasteiger partial charge in [0.25, 0.3) is 11.6 Å². The number of imidazole rings is 1. The summed E-state index contributed by atoms with van der Waals surface area (Å²) in [6.45, 7) is 0.897. The Bertz CT molecular complexity index is 1660. The smallest absolute Gasteiger partial charge is 0.410 e. The maximum absolute atomic E-state index is 12.5. The van der Waals surface area contributed by atoms with E-state index < -0.39 is 41.5 Å². The van der Waals surface area contributed by atoms with Gasteiger partial charge in [-0.2, -0.15) is 0 Å². The first kappa shape index (κ1) is 29.2. The lowest BCUT2D eigenvalue weighted by atomic mass is 9.94. The topological polar surface area (TPSA) is 221 Å². The van der Waals surface area contributed by atoms with Crippen molar-refractivity contribution in [2.24, 2.45) is 5.92 Å². The Morgan fingerprint density at radius 3 is 2.68 bits per heavy atom. The van der Waals surface area contributed by atoms with Crippen molar-refractivity contribution >= 4 is 34.7 Å². The molecule has 16 nitrogen and oxygen atoms in total. The van der Waals surface area contributed by atoms with Gasteiger partial charge >= 0.3 is 6.09 Å². The normalized spacial score (nSPS) is 23.6. The number of non-ortho nitro benzene ring substituents is 1. The van der Waals surface area contributed by atoms with Crippen molar-refractivity contribution in [2.45, 2.75) is 62.7 Å². The molecule has 1 aliphatic carbocycles. The van der Waals surface area contributed by atoms with Crippen LogP contribution in [-0.4, -0.2) is 89.0 Å². The number of nitrogen functional groups attached to an aromatic ring is 1. The number of likely N-dealkylation sites (tertiary alicyclic amines) is 1. The second kappa shape index (κ2) is 12.0. The van der Waals surface area contributed by atoms with Crippen molar-refractivity contribution in [1.29, 1.82) is 0 Å². The fourth-order valence-corrected chi connectivity index (χ4v) is 5.22. The molecule has 3 aromatic rings. The highest BCUT2D eigenvalue weighted by Crippen LogP contribution is 2.33. The summed E-state index contributed by atoms with van der Waals surface area (Å²) in [5, 5.41) is 34.9. The SMILES string of the molecule is Nc1nc(C#CCC2CCN(C(=O)Oc3cccc([N+](=O)[O-])c3)CC2)nc2c1ncn2[C@@H]1O[C@H](C(=O)NC2CC2)[C@H](O)C1O. The van der Waals surface area contributed by atoms with Crippen molar-refractivity contribution in [3.05, 3.63) is 46.5 Å². The summed E-state index contributed by atoms with van der Waals surface area (Å²) in [6, 6.07) is 5.54. The van der Waals surface area contributed by atoms with Crippen LogP contribution >= 0.6 is 0 Å². The van der Waals surface area contributed by atoms with E-state index in [0.29, 0.717) is 32.4 Å². The van der Waals surface area contributed by atoms with Gasteiger partial charge in [-0.25, -0.2) is 19.7 Å². The number of nitro groups is 1. The molecule has 230 valence electrons. The molecular weight excluding hydrogens is 576 g/mol. The molecule has 4 atom stereocenters. The number of nitrogens with zero attached hydrogens (tertiary/aromatic N) is 6. The number of fused-ring (bicyclic) bond motifs is 1. The molecule has 1 aromatic carbocycles. The number of amides is 2. The van der Waals surface area contributed by atoms with E-state index in [0.717, 1.165) is 12.8 Å². The highest BCUT2D eigenvalue weighted by molar-refractivity contribution is 5.83. The number of benzene rings is 1. The molecule has 0 bridgehead atoms. The molecule has 16 heteroatoms. The van der Waals surface area contributed by atoms with Crippen LogP contribution in [0.3, 0.4) is 0 Å². The largest absolute Gasteiger partial charge is 0.415 e. The average molecular weight is 607 g/mol. The fourth-order valence-electron chi connectivity index (χ4n) is 5.22. The molecule has 2 amide bonds. The molecule has 2 aliphatic heterocycles. The summed E-state index contributed by atoms with van der Waals surface area (Å²) in [6.07, 6.45) is -0.836. The summed E-state index contributed by atoms with van der Waals surface area (Å²) in [5.41, 5.74) is 6.44. The maximum Gasteiger partial charge on any atom is 0.415 e. The van der Waals surface area contributed by atoms with Crippen LogP contribution in [-0.2, 0) is 9.53 Å². The van der Waals surface area contributed by atoms with Gasteiger partial charge in [-0.15, -0.1) is 0 Å². The molecule has 3 aliphatic rings. The van der Waals surface area contributed by atoms with Crippen LogP contribution in [0.1, 0.15) is 44.2 Å². The summed E-state index contributed by atoms with van der Waals surface area (Å²) in [4.78, 5) is 49.9.